The molecule has 0 spiro atoms. The summed E-state index contributed by atoms with van der Waals surface area (Å²) in [7, 11) is 0. The third-order valence-electron chi connectivity index (χ3n) is 6.67. The second kappa shape index (κ2) is 9.47. The number of aliphatic hydroxyl groups is 4. The summed E-state index contributed by atoms with van der Waals surface area (Å²) in [5, 5.41) is 49.6. The highest BCUT2D eigenvalue weighted by Crippen LogP contribution is 2.35. The summed E-state index contributed by atoms with van der Waals surface area (Å²) in [5.74, 6) is 0.651. The van der Waals surface area contributed by atoms with Crippen molar-refractivity contribution in [1.82, 2.24) is 0 Å². The van der Waals surface area contributed by atoms with E-state index in [4.69, 9.17) is 4.74 Å². The first-order chi connectivity index (χ1) is 15.0. The molecule has 2 fully saturated rings. The van der Waals surface area contributed by atoms with Gasteiger partial charge in [0.25, 0.3) is 0 Å². The maximum Gasteiger partial charge on any atom is 0.113 e. The van der Waals surface area contributed by atoms with E-state index in [0.717, 1.165) is 11.1 Å². The van der Waals surface area contributed by atoms with Gasteiger partial charge in [-0.05, 0) is 53.5 Å². The summed E-state index contributed by atoms with van der Waals surface area (Å²) in [6.07, 6.45) is -0.407. The second-order valence-corrected chi connectivity index (χ2v) is 8.68. The van der Waals surface area contributed by atoms with Gasteiger partial charge < -0.3 is 25.2 Å². The molecule has 0 amide bonds. The first-order valence-corrected chi connectivity index (χ1v) is 10.9. The molecule has 0 radical (unpaired) electrons. The normalized spacial score (nSPS) is 29.1. The van der Waals surface area contributed by atoms with Crippen LogP contribution in [-0.4, -0.2) is 51.4 Å². The van der Waals surface area contributed by atoms with Crippen molar-refractivity contribution in [1.29, 1.82) is 5.26 Å². The highest BCUT2D eigenvalue weighted by atomic mass is 16.5. The Bertz CT molecular complexity index is 930. The van der Waals surface area contributed by atoms with Gasteiger partial charge in [0, 0.05) is 0 Å². The van der Waals surface area contributed by atoms with Gasteiger partial charge in [-0.15, -0.1) is 0 Å². The van der Waals surface area contributed by atoms with Crippen LogP contribution in [0, 0.1) is 11.3 Å². The molecule has 3 unspecified atom stereocenters. The Kier molecular flexibility index (Phi) is 6.71. The van der Waals surface area contributed by atoms with E-state index in [-0.39, 0.29) is 0 Å². The molecule has 6 nitrogen and oxygen atoms in total. The van der Waals surface area contributed by atoms with E-state index < -0.39 is 37.1 Å². The lowest BCUT2D eigenvalue weighted by atomic mass is 9.88. The zero-order valence-corrected chi connectivity index (χ0v) is 17.4. The Balaban J connectivity index is 1.57. The quantitative estimate of drug-likeness (QED) is 0.587. The summed E-state index contributed by atoms with van der Waals surface area (Å²) < 4.78 is 5.68. The summed E-state index contributed by atoms with van der Waals surface area (Å²) >= 11 is 0. The fourth-order valence-corrected chi connectivity index (χ4v) is 4.81. The van der Waals surface area contributed by atoms with Gasteiger partial charge in [0.2, 0.25) is 0 Å². The van der Waals surface area contributed by atoms with Crippen molar-refractivity contribution in [2.75, 3.05) is 6.61 Å². The van der Waals surface area contributed by atoms with Crippen LogP contribution in [0.15, 0.2) is 42.5 Å². The fraction of sp³-hybridized carbons (Fsp3) is 0.480. The number of ether oxygens (including phenoxy) is 1. The van der Waals surface area contributed by atoms with E-state index in [1.54, 1.807) is 18.2 Å². The van der Waals surface area contributed by atoms with Crippen molar-refractivity contribution >= 4 is 0 Å². The van der Waals surface area contributed by atoms with Crippen molar-refractivity contribution in [3.8, 4) is 6.07 Å². The molecule has 1 aliphatic heterocycles. The van der Waals surface area contributed by atoms with Gasteiger partial charge in [-0.2, -0.15) is 5.26 Å². The van der Waals surface area contributed by atoms with Crippen LogP contribution in [0.25, 0.3) is 0 Å². The van der Waals surface area contributed by atoms with Crippen molar-refractivity contribution in [3.05, 3.63) is 70.3 Å². The largest absolute Gasteiger partial charge is 0.394 e. The summed E-state index contributed by atoms with van der Waals surface area (Å²) in [5.41, 5.74) is 4.38. The van der Waals surface area contributed by atoms with Crippen LogP contribution < -0.4 is 0 Å². The van der Waals surface area contributed by atoms with Crippen molar-refractivity contribution in [2.45, 2.75) is 68.5 Å². The third kappa shape index (κ3) is 4.52. The average molecular weight is 424 g/mol. The predicted octanol–water partition coefficient (Wildman–Crippen LogP) is 2.32. The van der Waals surface area contributed by atoms with Gasteiger partial charge in [0.1, 0.15) is 30.5 Å². The number of benzene rings is 2. The Morgan fingerprint density at radius 3 is 2.23 bits per heavy atom. The molecule has 2 aromatic rings. The molecule has 1 saturated heterocycles. The molecule has 164 valence electrons. The van der Waals surface area contributed by atoms with Crippen LogP contribution in [-0.2, 0) is 11.2 Å². The molecule has 0 aromatic heterocycles. The smallest absolute Gasteiger partial charge is 0.113 e. The van der Waals surface area contributed by atoms with Crippen molar-refractivity contribution < 1.29 is 25.2 Å². The van der Waals surface area contributed by atoms with Crippen LogP contribution in [0.4, 0.5) is 0 Å². The number of rotatable bonds is 5. The van der Waals surface area contributed by atoms with E-state index in [1.807, 2.05) is 0 Å². The van der Waals surface area contributed by atoms with E-state index in [1.165, 1.54) is 31.2 Å². The van der Waals surface area contributed by atoms with Gasteiger partial charge >= 0.3 is 0 Å². The first-order valence-electron chi connectivity index (χ1n) is 10.9. The average Bonchev–Trinajstić information content (AvgIpc) is 3.33. The topological polar surface area (TPSA) is 114 Å². The van der Waals surface area contributed by atoms with Crippen molar-refractivity contribution in [2.24, 2.45) is 0 Å². The molecule has 0 bridgehead atoms. The number of nitrogens with zero attached hydrogens (tertiary/aromatic N) is 1. The van der Waals surface area contributed by atoms with E-state index in [0.29, 0.717) is 23.5 Å². The number of hydrogen-bond donors (Lipinski definition) is 4. The first kappa shape index (κ1) is 21.9. The molecule has 2 aliphatic rings. The molecule has 6 heteroatoms. The number of hydrogen-bond acceptors (Lipinski definition) is 6. The van der Waals surface area contributed by atoms with Gasteiger partial charge in [-0.25, -0.2) is 0 Å². The van der Waals surface area contributed by atoms with Crippen LogP contribution in [0.2, 0.25) is 0 Å². The Hall–Kier alpha value is -2.27. The Morgan fingerprint density at radius 1 is 0.903 bits per heavy atom. The standard InChI is InChI=1S/C25H29NO5/c26-13-19-10-9-18(25-24(30)23(29)22(28)21(14-27)31-25)12-20(19)11-15-5-7-17(8-6-15)16-3-1-2-4-16/h5-10,12,16,21-25,27-30H,1-4,11,14H2/t21-,22?,23?,24?,25+/m1/s1. The van der Waals surface area contributed by atoms with Crippen LogP contribution in [0.5, 0.6) is 0 Å². The van der Waals surface area contributed by atoms with Gasteiger partial charge in [-0.3, -0.25) is 0 Å². The minimum absolute atomic E-state index is 0.474. The molecule has 5 atom stereocenters. The monoisotopic (exact) mass is 423 g/mol. The summed E-state index contributed by atoms with van der Waals surface area (Å²) in [6, 6.07) is 15.9. The molecule has 2 aromatic carbocycles. The van der Waals surface area contributed by atoms with Crippen molar-refractivity contribution in [3.63, 3.8) is 0 Å². The Labute approximate surface area is 182 Å². The molecule has 1 aliphatic carbocycles. The minimum Gasteiger partial charge on any atom is -0.394 e. The van der Waals surface area contributed by atoms with Crippen LogP contribution in [0.1, 0.15) is 65.5 Å². The highest BCUT2D eigenvalue weighted by Gasteiger charge is 2.44. The maximum absolute atomic E-state index is 10.4. The minimum atomic E-state index is -1.43. The van der Waals surface area contributed by atoms with Crippen LogP contribution >= 0.6 is 0 Å². The second-order valence-electron chi connectivity index (χ2n) is 8.68. The van der Waals surface area contributed by atoms with Gasteiger partial charge in [0.05, 0.1) is 18.2 Å². The summed E-state index contributed by atoms with van der Waals surface area (Å²) in [6.45, 7) is -0.474. The van der Waals surface area contributed by atoms with Gasteiger partial charge in [-0.1, -0.05) is 49.2 Å². The lowest BCUT2D eigenvalue weighted by Crippen LogP contribution is -2.55. The summed E-state index contributed by atoms with van der Waals surface area (Å²) in [4.78, 5) is 0. The molecule has 1 heterocycles. The zero-order chi connectivity index (χ0) is 22.0. The fourth-order valence-electron chi connectivity index (χ4n) is 4.81. The van der Waals surface area contributed by atoms with Gasteiger partial charge in [0.15, 0.2) is 0 Å². The molecular formula is C25H29NO5. The molecular weight excluding hydrogens is 394 g/mol. The van der Waals surface area contributed by atoms with E-state index >= 15 is 0 Å². The number of nitriles is 1. The molecule has 4 N–H and O–H groups in total. The molecule has 4 rings (SSSR count). The SMILES string of the molecule is N#Cc1ccc([C@@H]2O[C@H](CO)C(O)C(O)C2O)cc1Cc1ccc(C2CCCC2)cc1. The van der Waals surface area contributed by atoms with E-state index in [9.17, 15) is 25.7 Å². The molecule has 31 heavy (non-hydrogen) atoms. The third-order valence-corrected chi connectivity index (χ3v) is 6.67. The number of aliphatic hydroxyl groups excluding tert-OH is 4. The zero-order valence-electron chi connectivity index (χ0n) is 17.4. The predicted molar refractivity (Wildman–Crippen MR) is 114 cm³/mol. The lowest BCUT2D eigenvalue weighted by Gasteiger charge is -2.40. The highest BCUT2D eigenvalue weighted by molar-refractivity contribution is 5.44. The maximum atomic E-state index is 10.4. The molecule has 1 saturated carbocycles. The lowest BCUT2D eigenvalue weighted by molar-refractivity contribution is -0.231. The van der Waals surface area contributed by atoms with E-state index in [2.05, 4.69) is 30.3 Å². The Morgan fingerprint density at radius 2 is 1.58 bits per heavy atom. The van der Waals surface area contributed by atoms with Crippen LogP contribution in [0.3, 0.4) is 0 Å².